The molecule has 0 aliphatic rings. The van der Waals surface area contributed by atoms with Crippen molar-refractivity contribution in [3.8, 4) is 5.75 Å². The number of ether oxygens (including phenoxy) is 1. The minimum absolute atomic E-state index is 0.104. The summed E-state index contributed by atoms with van der Waals surface area (Å²) in [6.07, 6.45) is 0.583. The van der Waals surface area contributed by atoms with E-state index >= 15 is 0 Å². The minimum atomic E-state index is -1.26. The summed E-state index contributed by atoms with van der Waals surface area (Å²) in [4.78, 5) is 23.5. The quantitative estimate of drug-likeness (QED) is 0.783. The fourth-order valence-corrected chi connectivity index (χ4v) is 2.64. The number of amides is 1. The zero-order chi connectivity index (χ0) is 19.3. The van der Waals surface area contributed by atoms with Crippen LogP contribution >= 0.6 is 0 Å². The first kappa shape index (κ1) is 19.5. The highest BCUT2D eigenvalue weighted by Crippen LogP contribution is 2.22. The number of anilines is 1. The van der Waals surface area contributed by atoms with E-state index < -0.39 is 11.6 Å². The molecule has 1 unspecified atom stereocenters. The van der Waals surface area contributed by atoms with Crippen molar-refractivity contribution in [3.05, 3.63) is 59.2 Å². The lowest BCUT2D eigenvalue weighted by Gasteiger charge is -2.24. The van der Waals surface area contributed by atoms with Gasteiger partial charge in [0.2, 0.25) is 11.5 Å². The van der Waals surface area contributed by atoms with Crippen LogP contribution in [0.25, 0.3) is 0 Å². The normalized spacial score (nSPS) is 12.9. The number of hydrogen-bond donors (Lipinski definition) is 2. The van der Waals surface area contributed by atoms with Crippen LogP contribution in [0.1, 0.15) is 37.0 Å². The SMILES string of the molecule is CCC(C)(Oc1ccc(CC(=O)Nc2cc(C)cc(C)c2)cc1)C(=O)O. The maximum Gasteiger partial charge on any atom is 0.347 e. The average molecular weight is 355 g/mol. The van der Waals surface area contributed by atoms with Gasteiger partial charge in [-0.2, -0.15) is 0 Å². The number of carboxylic acid groups (broad SMARTS) is 1. The molecule has 2 aromatic carbocycles. The van der Waals surface area contributed by atoms with Crippen molar-refractivity contribution in [1.82, 2.24) is 0 Å². The van der Waals surface area contributed by atoms with E-state index in [9.17, 15) is 14.7 Å². The second-order valence-corrected chi connectivity index (χ2v) is 6.74. The first-order valence-corrected chi connectivity index (χ1v) is 8.61. The van der Waals surface area contributed by atoms with Gasteiger partial charge in [-0.25, -0.2) is 4.79 Å². The molecule has 5 nitrogen and oxygen atoms in total. The van der Waals surface area contributed by atoms with Gasteiger partial charge in [0.05, 0.1) is 6.42 Å². The zero-order valence-corrected chi connectivity index (χ0v) is 15.6. The lowest BCUT2D eigenvalue weighted by atomic mass is 10.0. The third kappa shape index (κ3) is 5.09. The van der Waals surface area contributed by atoms with Gasteiger partial charge in [0.25, 0.3) is 0 Å². The molecule has 0 saturated heterocycles. The van der Waals surface area contributed by atoms with Crippen LogP contribution in [0, 0.1) is 13.8 Å². The van der Waals surface area contributed by atoms with Gasteiger partial charge in [0.15, 0.2) is 0 Å². The fourth-order valence-electron chi connectivity index (χ4n) is 2.64. The highest BCUT2D eigenvalue weighted by Gasteiger charge is 2.33. The molecule has 0 bridgehead atoms. The highest BCUT2D eigenvalue weighted by molar-refractivity contribution is 5.92. The van der Waals surface area contributed by atoms with Gasteiger partial charge in [0.1, 0.15) is 5.75 Å². The second-order valence-electron chi connectivity index (χ2n) is 6.74. The molecule has 2 aromatic rings. The molecular formula is C21H25NO4. The molecule has 0 fully saturated rings. The van der Waals surface area contributed by atoms with E-state index in [0.29, 0.717) is 12.2 Å². The number of aliphatic carboxylic acids is 1. The number of rotatable bonds is 7. The summed E-state index contributed by atoms with van der Waals surface area (Å²) >= 11 is 0. The first-order chi connectivity index (χ1) is 12.2. The molecule has 0 heterocycles. The smallest absolute Gasteiger partial charge is 0.347 e. The lowest BCUT2D eigenvalue weighted by molar-refractivity contribution is -0.154. The highest BCUT2D eigenvalue weighted by atomic mass is 16.5. The van der Waals surface area contributed by atoms with Gasteiger partial charge < -0.3 is 15.2 Å². The number of hydrogen-bond acceptors (Lipinski definition) is 3. The van der Waals surface area contributed by atoms with Gasteiger partial charge in [-0.1, -0.05) is 25.1 Å². The topological polar surface area (TPSA) is 75.6 Å². The van der Waals surface area contributed by atoms with Crippen LogP contribution in [0.2, 0.25) is 0 Å². The van der Waals surface area contributed by atoms with Crippen LogP contribution in [0.3, 0.4) is 0 Å². The molecule has 1 atom stereocenters. The molecule has 0 aliphatic heterocycles. The van der Waals surface area contributed by atoms with Crippen molar-refractivity contribution in [2.45, 2.75) is 46.1 Å². The van der Waals surface area contributed by atoms with E-state index in [1.165, 1.54) is 0 Å². The van der Waals surface area contributed by atoms with Crippen molar-refractivity contribution in [3.63, 3.8) is 0 Å². The summed E-state index contributed by atoms with van der Waals surface area (Å²) in [5, 5.41) is 12.2. The summed E-state index contributed by atoms with van der Waals surface area (Å²) < 4.78 is 5.59. The molecule has 26 heavy (non-hydrogen) atoms. The van der Waals surface area contributed by atoms with E-state index in [-0.39, 0.29) is 12.3 Å². The van der Waals surface area contributed by atoms with Crippen LogP contribution in [-0.4, -0.2) is 22.6 Å². The predicted octanol–water partition coefficient (Wildman–Crippen LogP) is 4.12. The Morgan fingerprint density at radius 2 is 1.65 bits per heavy atom. The standard InChI is InChI=1S/C21H25NO4/c1-5-21(4,20(24)25)26-18-8-6-16(7-9-18)13-19(23)22-17-11-14(2)10-15(3)12-17/h6-12H,5,13H2,1-4H3,(H,22,23)(H,24,25). The van der Waals surface area contributed by atoms with Crippen molar-refractivity contribution in [2.24, 2.45) is 0 Å². The van der Waals surface area contributed by atoms with Gasteiger partial charge in [-0.05, 0) is 68.1 Å². The monoisotopic (exact) mass is 355 g/mol. The predicted molar refractivity (Wildman–Crippen MR) is 102 cm³/mol. The van der Waals surface area contributed by atoms with Crippen molar-refractivity contribution in [1.29, 1.82) is 0 Å². The molecule has 1 amide bonds. The first-order valence-electron chi connectivity index (χ1n) is 8.61. The molecule has 2 N–H and O–H groups in total. The van der Waals surface area contributed by atoms with Crippen LogP contribution in [0.15, 0.2) is 42.5 Å². The third-order valence-corrected chi connectivity index (χ3v) is 4.26. The fraction of sp³-hybridized carbons (Fsp3) is 0.333. The summed E-state index contributed by atoms with van der Waals surface area (Å²) in [6, 6.07) is 12.8. The second kappa shape index (κ2) is 8.04. The molecular weight excluding hydrogens is 330 g/mol. The van der Waals surface area contributed by atoms with Crippen LogP contribution in [0.4, 0.5) is 5.69 Å². The number of carbonyl (C=O) groups excluding carboxylic acids is 1. The Kier molecular flexibility index (Phi) is 6.03. The van der Waals surface area contributed by atoms with E-state index in [1.807, 2.05) is 26.0 Å². The number of benzene rings is 2. The molecule has 0 radical (unpaired) electrons. The van der Waals surface area contributed by atoms with Crippen molar-refractivity contribution < 1.29 is 19.4 Å². The van der Waals surface area contributed by atoms with Gasteiger partial charge >= 0.3 is 5.97 Å². The maximum atomic E-state index is 12.2. The Balaban J connectivity index is 2.00. The van der Waals surface area contributed by atoms with Crippen LogP contribution in [0.5, 0.6) is 5.75 Å². The summed E-state index contributed by atoms with van der Waals surface area (Å²) in [6.45, 7) is 7.28. The molecule has 0 aromatic heterocycles. The van der Waals surface area contributed by atoms with E-state index in [4.69, 9.17) is 4.74 Å². The van der Waals surface area contributed by atoms with Crippen LogP contribution in [-0.2, 0) is 16.0 Å². The van der Waals surface area contributed by atoms with E-state index in [2.05, 4.69) is 11.4 Å². The number of nitrogens with one attached hydrogen (secondary N) is 1. The number of carboxylic acids is 1. The van der Waals surface area contributed by atoms with Crippen molar-refractivity contribution in [2.75, 3.05) is 5.32 Å². The molecule has 138 valence electrons. The Morgan fingerprint density at radius 1 is 1.08 bits per heavy atom. The van der Waals surface area contributed by atoms with Crippen molar-refractivity contribution >= 4 is 17.6 Å². The largest absolute Gasteiger partial charge is 0.478 e. The third-order valence-electron chi connectivity index (χ3n) is 4.26. The Bertz CT molecular complexity index is 778. The Labute approximate surface area is 154 Å². The molecule has 0 saturated carbocycles. The van der Waals surface area contributed by atoms with Gasteiger partial charge in [-0.15, -0.1) is 0 Å². The zero-order valence-electron chi connectivity index (χ0n) is 15.6. The summed E-state index contributed by atoms with van der Waals surface area (Å²) in [5.74, 6) is -0.639. The molecule has 0 spiro atoms. The van der Waals surface area contributed by atoms with E-state index in [1.54, 1.807) is 38.1 Å². The molecule has 0 aliphatic carbocycles. The summed E-state index contributed by atoms with van der Waals surface area (Å²) in [5.41, 5.74) is 2.54. The maximum absolute atomic E-state index is 12.2. The number of aryl methyl sites for hydroxylation is 2. The Hall–Kier alpha value is -2.82. The molecule has 5 heteroatoms. The lowest BCUT2D eigenvalue weighted by Crippen LogP contribution is -2.40. The minimum Gasteiger partial charge on any atom is -0.478 e. The summed E-state index contributed by atoms with van der Waals surface area (Å²) in [7, 11) is 0. The molecule has 2 rings (SSSR count). The van der Waals surface area contributed by atoms with Crippen LogP contribution < -0.4 is 10.1 Å². The van der Waals surface area contributed by atoms with Gasteiger partial charge in [-0.3, -0.25) is 4.79 Å². The number of carbonyl (C=O) groups is 2. The average Bonchev–Trinajstić information content (AvgIpc) is 2.55. The van der Waals surface area contributed by atoms with Gasteiger partial charge in [0, 0.05) is 5.69 Å². The van der Waals surface area contributed by atoms with E-state index in [0.717, 1.165) is 22.4 Å². The Morgan fingerprint density at radius 3 is 2.15 bits per heavy atom.